The van der Waals surface area contributed by atoms with Gasteiger partial charge < -0.3 is 5.32 Å². The normalized spacial score (nSPS) is 11.4. The Morgan fingerprint density at radius 3 is 2.76 bits per heavy atom. The maximum Gasteiger partial charge on any atom is 0.262 e. The lowest BCUT2D eigenvalue weighted by Gasteiger charge is -2.11. The number of fused-ring (bicyclic) bond motifs is 3. The SMILES string of the molecule is Cc1cc(NCc2nnc3n(C)c(=O)c4ccccc4n23)ccc1-n1cnnn1. The summed E-state index contributed by atoms with van der Waals surface area (Å²) in [7, 11) is 1.71. The molecule has 1 N–H and O–H groups in total. The minimum Gasteiger partial charge on any atom is -0.378 e. The molecule has 0 aliphatic rings. The number of para-hydroxylation sites is 1. The van der Waals surface area contributed by atoms with Crippen molar-refractivity contribution in [2.75, 3.05) is 5.32 Å². The zero-order valence-corrected chi connectivity index (χ0v) is 15.8. The first-order valence-electron chi connectivity index (χ1n) is 9.03. The summed E-state index contributed by atoms with van der Waals surface area (Å²) in [6.45, 7) is 2.45. The van der Waals surface area contributed by atoms with Crippen LogP contribution in [0.3, 0.4) is 0 Å². The third-order valence-corrected chi connectivity index (χ3v) is 4.94. The summed E-state index contributed by atoms with van der Waals surface area (Å²) in [5.41, 5.74) is 3.58. The first-order valence-corrected chi connectivity index (χ1v) is 9.03. The predicted molar refractivity (Wildman–Crippen MR) is 107 cm³/mol. The van der Waals surface area contributed by atoms with E-state index < -0.39 is 0 Å². The number of aromatic nitrogens is 8. The molecule has 5 rings (SSSR count). The number of hydrogen-bond acceptors (Lipinski definition) is 7. The standard InChI is InChI=1S/C19H17N9O/c1-12-9-13(7-8-15(12)27-11-21-24-25-27)20-10-17-22-23-19-26(2)18(29)14-5-3-4-6-16(14)28(17)19/h3-9,11,20H,10H2,1-2H3. The fraction of sp³-hybridized carbons (Fsp3) is 0.158. The smallest absolute Gasteiger partial charge is 0.262 e. The first kappa shape index (κ1) is 17.0. The van der Waals surface area contributed by atoms with Gasteiger partial charge in [-0.1, -0.05) is 12.1 Å². The number of aryl methyl sites for hydroxylation is 2. The molecule has 0 atom stereocenters. The van der Waals surface area contributed by atoms with Crippen LogP contribution in [0.2, 0.25) is 0 Å². The number of benzene rings is 2. The Morgan fingerprint density at radius 1 is 1.10 bits per heavy atom. The van der Waals surface area contributed by atoms with Crippen molar-refractivity contribution in [3.8, 4) is 5.69 Å². The van der Waals surface area contributed by atoms with Gasteiger partial charge in [-0.2, -0.15) is 0 Å². The molecule has 0 saturated carbocycles. The number of nitrogens with zero attached hydrogens (tertiary/aromatic N) is 8. The van der Waals surface area contributed by atoms with Gasteiger partial charge in [0.2, 0.25) is 5.78 Å². The minimum atomic E-state index is -0.0891. The molecule has 3 aromatic heterocycles. The highest BCUT2D eigenvalue weighted by Gasteiger charge is 2.14. The molecule has 0 bridgehead atoms. The van der Waals surface area contributed by atoms with Gasteiger partial charge in [0.15, 0.2) is 5.82 Å². The van der Waals surface area contributed by atoms with E-state index in [1.165, 1.54) is 4.57 Å². The second kappa shape index (κ2) is 6.51. The molecule has 0 spiro atoms. The number of hydrogen-bond donors (Lipinski definition) is 1. The Hall–Kier alpha value is -4.08. The van der Waals surface area contributed by atoms with E-state index in [1.807, 2.05) is 53.8 Å². The van der Waals surface area contributed by atoms with Crippen LogP contribution in [0.4, 0.5) is 5.69 Å². The van der Waals surface area contributed by atoms with Gasteiger partial charge in [0, 0.05) is 12.7 Å². The quantitative estimate of drug-likeness (QED) is 0.497. The Kier molecular flexibility index (Phi) is 3.83. The monoisotopic (exact) mass is 387 g/mol. The van der Waals surface area contributed by atoms with Crippen LogP contribution in [0, 0.1) is 6.92 Å². The molecule has 0 aliphatic heterocycles. The Morgan fingerprint density at radius 2 is 1.97 bits per heavy atom. The molecule has 10 nitrogen and oxygen atoms in total. The van der Waals surface area contributed by atoms with E-state index in [0.29, 0.717) is 23.5 Å². The molecule has 0 aliphatic carbocycles. The third kappa shape index (κ3) is 2.73. The molecule has 0 radical (unpaired) electrons. The van der Waals surface area contributed by atoms with Gasteiger partial charge in [-0.15, -0.1) is 15.3 Å². The Bertz CT molecular complexity index is 1400. The van der Waals surface area contributed by atoms with Gasteiger partial charge in [-0.25, -0.2) is 4.68 Å². The van der Waals surface area contributed by atoms with Crippen LogP contribution in [0.15, 0.2) is 53.6 Å². The van der Waals surface area contributed by atoms with Crippen molar-refractivity contribution < 1.29 is 0 Å². The fourth-order valence-corrected chi connectivity index (χ4v) is 3.48. The first-order chi connectivity index (χ1) is 14.1. The van der Waals surface area contributed by atoms with Gasteiger partial charge in [0.25, 0.3) is 5.56 Å². The maximum atomic E-state index is 12.5. The molecule has 0 unspecified atom stereocenters. The van der Waals surface area contributed by atoms with Crippen molar-refractivity contribution in [3.05, 3.63) is 70.5 Å². The zero-order valence-electron chi connectivity index (χ0n) is 15.8. The number of tetrazole rings is 1. The summed E-state index contributed by atoms with van der Waals surface area (Å²) >= 11 is 0. The van der Waals surface area contributed by atoms with Crippen LogP contribution >= 0.6 is 0 Å². The molecule has 29 heavy (non-hydrogen) atoms. The summed E-state index contributed by atoms with van der Waals surface area (Å²) in [4.78, 5) is 12.5. The lowest BCUT2D eigenvalue weighted by atomic mass is 10.2. The van der Waals surface area contributed by atoms with Crippen LogP contribution < -0.4 is 10.9 Å². The molecular formula is C19H17N9O. The van der Waals surface area contributed by atoms with E-state index >= 15 is 0 Å². The van der Waals surface area contributed by atoms with Crippen molar-refractivity contribution in [2.45, 2.75) is 13.5 Å². The number of nitrogens with one attached hydrogen (secondary N) is 1. The summed E-state index contributed by atoms with van der Waals surface area (Å²) in [6.07, 6.45) is 1.56. The number of anilines is 1. The average molecular weight is 387 g/mol. The number of rotatable bonds is 4. The molecule has 0 fully saturated rings. The van der Waals surface area contributed by atoms with Gasteiger partial charge >= 0.3 is 0 Å². The van der Waals surface area contributed by atoms with Crippen LogP contribution in [-0.4, -0.2) is 39.4 Å². The van der Waals surface area contributed by atoms with Crippen molar-refractivity contribution in [1.82, 2.24) is 39.4 Å². The molecule has 2 aromatic carbocycles. The second-order valence-corrected chi connectivity index (χ2v) is 6.74. The van der Waals surface area contributed by atoms with Crippen molar-refractivity contribution in [2.24, 2.45) is 7.05 Å². The van der Waals surface area contributed by atoms with Crippen LogP contribution in [-0.2, 0) is 13.6 Å². The second-order valence-electron chi connectivity index (χ2n) is 6.74. The molecular weight excluding hydrogens is 370 g/mol. The van der Waals surface area contributed by atoms with E-state index in [1.54, 1.807) is 18.1 Å². The Labute approximate surface area is 164 Å². The van der Waals surface area contributed by atoms with Gasteiger partial charge in [-0.3, -0.25) is 13.8 Å². The van der Waals surface area contributed by atoms with Gasteiger partial charge in [-0.05, 0) is 53.2 Å². The predicted octanol–water partition coefficient (Wildman–Crippen LogP) is 1.48. The lowest BCUT2D eigenvalue weighted by Crippen LogP contribution is -2.20. The summed E-state index contributed by atoms with van der Waals surface area (Å²) in [5, 5.41) is 23.8. The summed E-state index contributed by atoms with van der Waals surface area (Å²) in [5.74, 6) is 1.23. The van der Waals surface area contributed by atoms with Crippen LogP contribution in [0.1, 0.15) is 11.4 Å². The average Bonchev–Trinajstić information content (AvgIpc) is 3.41. The van der Waals surface area contributed by atoms with E-state index in [9.17, 15) is 4.79 Å². The van der Waals surface area contributed by atoms with E-state index in [0.717, 1.165) is 22.5 Å². The van der Waals surface area contributed by atoms with Crippen molar-refractivity contribution >= 4 is 22.4 Å². The topological polar surface area (TPSA) is 108 Å². The molecule has 0 saturated heterocycles. The third-order valence-electron chi connectivity index (χ3n) is 4.94. The molecule has 3 heterocycles. The van der Waals surface area contributed by atoms with E-state index in [-0.39, 0.29) is 5.56 Å². The molecule has 5 aromatic rings. The molecule has 10 heteroatoms. The van der Waals surface area contributed by atoms with Crippen molar-refractivity contribution in [3.63, 3.8) is 0 Å². The van der Waals surface area contributed by atoms with Gasteiger partial charge in [0.05, 0.1) is 23.1 Å². The van der Waals surface area contributed by atoms with Gasteiger partial charge in [0.1, 0.15) is 6.33 Å². The van der Waals surface area contributed by atoms with E-state index in [4.69, 9.17) is 0 Å². The fourth-order valence-electron chi connectivity index (χ4n) is 3.48. The highest BCUT2D eigenvalue weighted by atomic mass is 16.1. The lowest BCUT2D eigenvalue weighted by molar-refractivity contribution is 0.785. The highest BCUT2D eigenvalue weighted by Crippen LogP contribution is 2.19. The van der Waals surface area contributed by atoms with Crippen LogP contribution in [0.25, 0.3) is 22.4 Å². The molecule has 0 amide bonds. The maximum absolute atomic E-state index is 12.5. The van der Waals surface area contributed by atoms with Crippen molar-refractivity contribution in [1.29, 1.82) is 0 Å². The summed E-state index contributed by atoms with van der Waals surface area (Å²) < 4.78 is 5.05. The largest absolute Gasteiger partial charge is 0.378 e. The Balaban J connectivity index is 1.50. The van der Waals surface area contributed by atoms with E-state index in [2.05, 4.69) is 31.0 Å². The minimum absolute atomic E-state index is 0.0891. The highest BCUT2D eigenvalue weighted by molar-refractivity contribution is 5.80. The summed E-state index contributed by atoms with van der Waals surface area (Å²) in [6, 6.07) is 13.4. The molecule has 144 valence electrons. The zero-order chi connectivity index (χ0) is 20.0. The van der Waals surface area contributed by atoms with Crippen LogP contribution in [0.5, 0.6) is 0 Å².